The Hall–Kier alpha value is -2.90. The number of methoxy groups -OCH3 is 1. The van der Waals surface area contributed by atoms with Crippen LogP contribution in [0.5, 0.6) is 0 Å². The van der Waals surface area contributed by atoms with Crippen LogP contribution >= 0.6 is 0 Å². The third kappa shape index (κ3) is 6.30. The maximum Gasteiger partial charge on any atom is 0.360 e. The molecule has 8 nitrogen and oxygen atoms in total. The number of oxime groups is 3. The molecule has 1 aromatic carbocycles. The second kappa shape index (κ2) is 11.8. The van der Waals surface area contributed by atoms with E-state index in [9.17, 15) is 4.79 Å². The monoisotopic (exact) mass is 403 g/mol. The number of carbonyl (C=O) groups is 1. The highest BCUT2D eigenvalue weighted by atomic mass is 16.6. The lowest BCUT2D eigenvalue weighted by molar-refractivity contribution is -0.132. The largest absolute Gasteiger partial charge is 0.464 e. The summed E-state index contributed by atoms with van der Waals surface area (Å²) in [5.41, 5.74) is 2.88. The van der Waals surface area contributed by atoms with Crippen molar-refractivity contribution < 1.29 is 24.0 Å². The summed E-state index contributed by atoms with van der Waals surface area (Å²) in [6.07, 6.45) is 5.78. The Morgan fingerprint density at radius 2 is 1.69 bits per heavy atom. The maximum atomic E-state index is 12.0. The molecule has 0 bridgehead atoms. The highest BCUT2D eigenvalue weighted by Gasteiger charge is 2.23. The molecule has 0 unspecified atom stereocenters. The van der Waals surface area contributed by atoms with Crippen LogP contribution in [-0.4, -0.2) is 44.4 Å². The molecule has 1 saturated carbocycles. The fourth-order valence-electron chi connectivity index (χ4n) is 3.42. The molecule has 8 heteroatoms. The van der Waals surface area contributed by atoms with Crippen LogP contribution in [0.1, 0.15) is 50.2 Å². The van der Waals surface area contributed by atoms with Crippen molar-refractivity contribution in [2.75, 3.05) is 21.3 Å². The predicted octanol–water partition coefficient (Wildman–Crippen LogP) is 3.69. The van der Waals surface area contributed by atoms with Crippen LogP contribution in [-0.2, 0) is 30.7 Å². The van der Waals surface area contributed by atoms with Gasteiger partial charge < -0.3 is 19.2 Å². The minimum atomic E-state index is -0.592. The van der Waals surface area contributed by atoms with E-state index in [1.54, 1.807) is 12.1 Å². The molecule has 1 aliphatic carbocycles. The first kappa shape index (κ1) is 22.4. The van der Waals surface area contributed by atoms with Gasteiger partial charge in [0.2, 0.25) is 0 Å². The molecule has 0 saturated heterocycles. The first-order valence-electron chi connectivity index (χ1n) is 9.68. The van der Waals surface area contributed by atoms with E-state index >= 15 is 0 Å². The van der Waals surface area contributed by atoms with Crippen molar-refractivity contribution in [2.45, 2.75) is 45.6 Å². The third-order valence-corrected chi connectivity index (χ3v) is 4.81. The van der Waals surface area contributed by atoms with Crippen molar-refractivity contribution in [3.8, 4) is 0 Å². The standard InChI is InChI=1S/C21H29N3O5/c1-15(19(23-27-3)16-10-6-5-7-11-16)22-29-14-17-12-8-9-13-18(17)20(24-28-4)21(25)26-2/h8-9,12-13,16H,5-7,10-11,14H2,1-4H3/b22-15+,23-19-,24-20+. The number of hydrogen-bond donors (Lipinski definition) is 0. The van der Waals surface area contributed by atoms with Gasteiger partial charge in [-0.15, -0.1) is 0 Å². The summed E-state index contributed by atoms with van der Waals surface area (Å²) in [6, 6.07) is 7.23. The number of rotatable bonds is 9. The van der Waals surface area contributed by atoms with Crippen LogP contribution < -0.4 is 0 Å². The van der Waals surface area contributed by atoms with Crippen LogP contribution in [0.15, 0.2) is 39.7 Å². The molecular weight excluding hydrogens is 374 g/mol. The smallest absolute Gasteiger partial charge is 0.360 e. The van der Waals surface area contributed by atoms with E-state index in [1.165, 1.54) is 40.6 Å². The van der Waals surface area contributed by atoms with Gasteiger partial charge in [-0.3, -0.25) is 0 Å². The molecule has 0 radical (unpaired) electrons. The first-order valence-corrected chi connectivity index (χ1v) is 9.68. The topological polar surface area (TPSA) is 91.1 Å². The molecule has 158 valence electrons. The Bertz CT molecular complexity index is 767. The van der Waals surface area contributed by atoms with Crippen molar-refractivity contribution in [3.63, 3.8) is 0 Å². The Morgan fingerprint density at radius 1 is 1.00 bits per heavy atom. The van der Waals surface area contributed by atoms with Crippen LogP contribution in [0, 0.1) is 5.92 Å². The molecule has 0 aromatic heterocycles. The van der Waals surface area contributed by atoms with E-state index in [1.807, 2.05) is 19.1 Å². The lowest BCUT2D eigenvalue weighted by atomic mass is 9.84. The van der Waals surface area contributed by atoms with Gasteiger partial charge >= 0.3 is 5.97 Å². The second-order valence-electron chi connectivity index (χ2n) is 6.72. The second-order valence-corrected chi connectivity index (χ2v) is 6.72. The van der Waals surface area contributed by atoms with E-state index in [0.29, 0.717) is 17.2 Å². The zero-order chi connectivity index (χ0) is 21.1. The van der Waals surface area contributed by atoms with Crippen molar-refractivity contribution in [1.29, 1.82) is 0 Å². The quantitative estimate of drug-likeness (QED) is 0.356. The van der Waals surface area contributed by atoms with E-state index < -0.39 is 5.97 Å². The Morgan fingerprint density at radius 3 is 2.34 bits per heavy atom. The van der Waals surface area contributed by atoms with Crippen LogP contribution in [0.4, 0.5) is 0 Å². The lowest BCUT2D eigenvalue weighted by Gasteiger charge is -2.22. The number of nitrogens with zero attached hydrogens (tertiary/aromatic N) is 3. The average molecular weight is 403 g/mol. The summed E-state index contributed by atoms with van der Waals surface area (Å²) in [4.78, 5) is 27.5. The molecule has 0 atom stereocenters. The summed E-state index contributed by atoms with van der Waals surface area (Å²) in [7, 11) is 4.20. The molecule has 1 fully saturated rings. The maximum absolute atomic E-state index is 12.0. The van der Waals surface area contributed by atoms with Crippen molar-refractivity contribution in [3.05, 3.63) is 35.4 Å². The van der Waals surface area contributed by atoms with Gasteiger partial charge in [-0.25, -0.2) is 4.79 Å². The van der Waals surface area contributed by atoms with Gasteiger partial charge in [-0.1, -0.05) is 59.0 Å². The van der Waals surface area contributed by atoms with Crippen molar-refractivity contribution in [2.24, 2.45) is 21.4 Å². The molecule has 0 heterocycles. The lowest BCUT2D eigenvalue weighted by Crippen LogP contribution is -2.25. The van der Waals surface area contributed by atoms with E-state index in [-0.39, 0.29) is 12.3 Å². The molecule has 1 aromatic rings. The van der Waals surface area contributed by atoms with Crippen LogP contribution in [0.2, 0.25) is 0 Å². The fraction of sp³-hybridized carbons (Fsp3) is 0.524. The normalized spacial score (nSPS) is 16.3. The van der Waals surface area contributed by atoms with E-state index in [4.69, 9.17) is 19.2 Å². The Balaban J connectivity index is 2.15. The number of benzene rings is 1. The Kier molecular flexibility index (Phi) is 9.14. The van der Waals surface area contributed by atoms with Gasteiger partial charge in [-0.05, 0) is 19.8 Å². The van der Waals surface area contributed by atoms with Gasteiger partial charge in [0.1, 0.15) is 32.2 Å². The van der Waals surface area contributed by atoms with Crippen LogP contribution in [0.3, 0.4) is 0 Å². The predicted molar refractivity (Wildman–Crippen MR) is 111 cm³/mol. The first-order chi connectivity index (χ1) is 14.1. The number of hydrogen-bond acceptors (Lipinski definition) is 8. The Labute approximate surface area is 171 Å². The van der Waals surface area contributed by atoms with Crippen molar-refractivity contribution >= 4 is 23.1 Å². The van der Waals surface area contributed by atoms with Gasteiger partial charge in [0, 0.05) is 17.0 Å². The van der Waals surface area contributed by atoms with Gasteiger partial charge in [0.15, 0.2) is 5.71 Å². The fourth-order valence-corrected chi connectivity index (χ4v) is 3.42. The minimum absolute atomic E-state index is 0.0683. The summed E-state index contributed by atoms with van der Waals surface area (Å²) in [5.74, 6) is -0.256. The van der Waals surface area contributed by atoms with E-state index in [0.717, 1.165) is 24.1 Å². The summed E-state index contributed by atoms with van der Waals surface area (Å²) >= 11 is 0. The molecule has 0 spiro atoms. The van der Waals surface area contributed by atoms with Crippen LogP contribution in [0.25, 0.3) is 0 Å². The molecule has 0 amide bonds. The molecule has 29 heavy (non-hydrogen) atoms. The summed E-state index contributed by atoms with van der Waals surface area (Å²) in [6.45, 7) is 2.02. The van der Waals surface area contributed by atoms with Crippen molar-refractivity contribution in [1.82, 2.24) is 0 Å². The summed E-state index contributed by atoms with van der Waals surface area (Å²) < 4.78 is 4.79. The zero-order valence-electron chi connectivity index (χ0n) is 17.5. The van der Waals surface area contributed by atoms with Gasteiger partial charge in [0.25, 0.3) is 0 Å². The molecule has 1 aliphatic rings. The highest BCUT2D eigenvalue weighted by Crippen LogP contribution is 2.25. The molecule has 0 N–H and O–H groups in total. The minimum Gasteiger partial charge on any atom is -0.464 e. The molecule has 2 rings (SSSR count). The van der Waals surface area contributed by atoms with Gasteiger partial charge in [-0.2, -0.15) is 0 Å². The summed E-state index contributed by atoms with van der Waals surface area (Å²) in [5, 5.41) is 12.2. The third-order valence-electron chi connectivity index (χ3n) is 4.81. The average Bonchev–Trinajstić information content (AvgIpc) is 2.76. The number of esters is 1. The number of ether oxygens (including phenoxy) is 1. The number of carbonyl (C=O) groups excluding carboxylic acids is 1. The zero-order valence-corrected chi connectivity index (χ0v) is 17.5. The molecule has 0 aliphatic heterocycles. The van der Waals surface area contributed by atoms with Gasteiger partial charge in [0.05, 0.1) is 7.11 Å². The highest BCUT2D eigenvalue weighted by molar-refractivity contribution is 6.43. The molecular formula is C21H29N3O5. The SMILES string of the molecule is CO/N=C(/C(=O)OC)c1ccccc1CO/N=C(C)/C(=N/OC)C1CCCCC1. The van der Waals surface area contributed by atoms with E-state index in [2.05, 4.69) is 15.5 Å².